The van der Waals surface area contributed by atoms with Gasteiger partial charge < -0.3 is 5.32 Å². The summed E-state index contributed by atoms with van der Waals surface area (Å²) in [6, 6.07) is 11.2. The van der Waals surface area contributed by atoms with Crippen molar-refractivity contribution in [2.75, 3.05) is 51.1 Å². The number of nitrogens with one attached hydrogen (secondary N) is 1. The molecule has 7 nitrogen and oxygen atoms in total. The van der Waals surface area contributed by atoms with Crippen LogP contribution in [0.1, 0.15) is 18.4 Å². The van der Waals surface area contributed by atoms with Crippen molar-refractivity contribution in [3.8, 4) is 0 Å². The van der Waals surface area contributed by atoms with Crippen molar-refractivity contribution in [1.82, 2.24) is 14.1 Å². The van der Waals surface area contributed by atoms with Crippen LogP contribution in [0, 0.1) is 5.82 Å². The minimum atomic E-state index is -3.60. The summed E-state index contributed by atoms with van der Waals surface area (Å²) in [5.74, 6) is -0.458. The lowest BCUT2D eigenvalue weighted by Crippen LogP contribution is -2.48. The Bertz CT molecular complexity index is 1100. The molecule has 33 heavy (non-hydrogen) atoms. The first-order valence-corrected chi connectivity index (χ1v) is 12.9. The number of hydrogen-bond acceptors (Lipinski definition) is 5. The smallest absolute Gasteiger partial charge is 0.243 e. The summed E-state index contributed by atoms with van der Waals surface area (Å²) in [5.41, 5.74) is 0.960. The second-order valence-electron chi connectivity index (χ2n) is 8.44. The Morgan fingerprint density at radius 2 is 1.64 bits per heavy atom. The number of piperazine rings is 1. The van der Waals surface area contributed by atoms with Crippen molar-refractivity contribution in [3.05, 3.63) is 58.9 Å². The minimum Gasteiger partial charge on any atom is -0.324 e. The van der Waals surface area contributed by atoms with Crippen LogP contribution >= 0.6 is 11.6 Å². The highest BCUT2D eigenvalue weighted by Crippen LogP contribution is 2.28. The molecule has 2 aromatic carbocycles. The van der Waals surface area contributed by atoms with Gasteiger partial charge >= 0.3 is 0 Å². The largest absolute Gasteiger partial charge is 0.324 e. The molecule has 0 atom stereocenters. The SMILES string of the molecule is O=C(CN1CCN(Cc2ccccc2F)CC1)Nc1cc(S(=O)(=O)N2CCCC2)ccc1Cl. The molecule has 0 aliphatic carbocycles. The number of amides is 1. The lowest BCUT2D eigenvalue weighted by molar-refractivity contribution is -0.117. The molecule has 1 N–H and O–H groups in total. The molecule has 2 saturated heterocycles. The average Bonchev–Trinajstić information content (AvgIpc) is 3.34. The minimum absolute atomic E-state index is 0.130. The zero-order valence-electron chi connectivity index (χ0n) is 18.3. The van der Waals surface area contributed by atoms with E-state index in [1.54, 1.807) is 12.1 Å². The Hall–Kier alpha value is -2.04. The summed E-state index contributed by atoms with van der Waals surface area (Å²) < 4.78 is 41.0. The Morgan fingerprint density at radius 3 is 2.33 bits per heavy atom. The molecule has 0 bridgehead atoms. The normalized spacial score (nSPS) is 18.5. The van der Waals surface area contributed by atoms with Gasteiger partial charge in [-0.15, -0.1) is 0 Å². The van der Waals surface area contributed by atoms with Gasteiger partial charge in [0.25, 0.3) is 0 Å². The first-order chi connectivity index (χ1) is 15.8. The van der Waals surface area contributed by atoms with Gasteiger partial charge in [0.05, 0.1) is 22.2 Å². The van der Waals surface area contributed by atoms with E-state index in [0.29, 0.717) is 49.0 Å². The van der Waals surface area contributed by atoms with Gasteiger partial charge in [0.2, 0.25) is 15.9 Å². The van der Waals surface area contributed by atoms with Gasteiger partial charge in [-0.3, -0.25) is 14.6 Å². The Kier molecular flexibility index (Phi) is 7.65. The van der Waals surface area contributed by atoms with Gasteiger partial charge in [0.15, 0.2) is 0 Å². The molecular formula is C23H28ClFN4O3S. The second-order valence-corrected chi connectivity index (χ2v) is 10.8. The summed E-state index contributed by atoms with van der Waals surface area (Å²) in [6.07, 6.45) is 1.70. The van der Waals surface area contributed by atoms with Crippen molar-refractivity contribution in [2.24, 2.45) is 0 Å². The molecular weight excluding hydrogens is 467 g/mol. The highest BCUT2D eigenvalue weighted by Gasteiger charge is 2.28. The number of nitrogens with zero attached hydrogens (tertiary/aromatic N) is 3. The van der Waals surface area contributed by atoms with Crippen LogP contribution in [-0.4, -0.2) is 74.2 Å². The number of carbonyl (C=O) groups is 1. The van der Waals surface area contributed by atoms with Crippen LogP contribution in [0.2, 0.25) is 5.02 Å². The van der Waals surface area contributed by atoms with E-state index in [4.69, 9.17) is 11.6 Å². The van der Waals surface area contributed by atoms with Crippen molar-refractivity contribution < 1.29 is 17.6 Å². The number of benzene rings is 2. The quantitative estimate of drug-likeness (QED) is 0.640. The van der Waals surface area contributed by atoms with Gasteiger partial charge in [0.1, 0.15) is 5.82 Å². The predicted octanol–water partition coefficient (Wildman–Crippen LogP) is 3.02. The standard InChI is InChI=1S/C23H28ClFN4O3S/c24-20-8-7-19(33(31,32)29-9-3-4-10-29)15-22(20)26-23(30)17-28-13-11-27(12-14-28)16-18-5-1-2-6-21(18)25/h1-2,5-8,15H,3-4,9-14,16-17H2,(H,26,30). The van der Waals surface area contributed by atoms with Gasteiger partial charge in [0, 0.05) is 51.4 Å². The van der Waals surface area contributed by atoms with Crippen LogP contribution in [-0.2, 0) is 21.4 Å². The monoisotopic (exact) mass is 494 g/mol. The maximum Gasteiger partial charge on any atom is 0.243 e. The highest BCUT2D eigenvalue weighted by atomic mass is 35.5. The molecule has 0 unspecified atom stereocenters. The van der Waals surface area contributed by atoms with Crippen molar-refractivity contribution in [3.63, 3.8) is 0 Å². The maximum absolute atomic E-state index is 13.9. The van der Waals surface area contributed by atoms with Crippen molar-refractivity contribution >= 4 is 33.2 Å². The summed E-state index contributed by atoms with van der Waals surface area (Å²) in [7, 11) is -3.60. The third-order valence-electron chi connectivity index (χ3n) is 6.10. The van der Waals surface area contributed by atoms with Crippen LogP contribution in [0.3, 0.4) is 0 Å². The van der Waals surface area contributed by atoms with E-state index >= 15 is 0 Å². The van der Waals surface area contributed by atoms with Gasteiger partial charge in [-0.2, -0.15) is 4.31 Å². The molecule has 178 valence electrons. The molecule has 2 aliphatic heterocycles. The number of carbonyl (C=O) groups excluding carboxylic acids is 1. The zero-order valence-corrected chi connectivity index (χ0v) is 19.9. The molecule has 0 saturated carbocycles. The van der Waals surface area contributed by atoms with Crippen molar-refractivity contribution in [1.29, 1.82) is 0 Å². The first-order valence-electron chi connectivity index (χ1n) is 11.1. The van der Waals surface area contributed by atoms with Gasteiger partial charge in [-0.05, 0) is 37.1 Å². The van der Waals surface area contributed by atoms with E-state index in [0.717, 1.165) is 25.9 Å². The molecule has 2 heterocycles. The predicted molar refractivity (Wildman–Crippen MR) is 126 cm³/mol. The molecule has 0 radical (unpaired) electrons. The Morgan fingerprint density at radius 1 is 0.970 bits per heavy atom. The molecule has 2 aliphatic rings. The average molecular weight is 495 g/mol. The fourth-order valence-electron chi connectivity index (χ4n) is 4.20. The highest BCUT2D eigenvalue weighted by molar-refractivity contribution is 7.89. The van der Waals surface area contributed by atoms with E-state index in [1.807, 2.05) is 11.0 Å². The van der Waals surface area contributed by atoms with Gasteiger partial charge in [-0.1, -0.05) is 29.8 Å². The summed E-state index contributed by atoms with van der Waals surface area (Å²) in [5, 5.41) is 3.05. The topological polar surface area (TPSA) is 73.0 Å². The van der Waals surface area contributed by atoms with E-state index in [-0.39, 0.29) is 23.2 Å². The Labute approximate surface area is 199 Å². The van der Waals surface area contributed by atoms with E-state index in [2.05, 4.69) is 10.2 Å². The number of anilines is 1. The number of rotatable bonds is 7. The molecule has 10 heteroatoms. The van der Waals surface area contributed by atoms with Crippen LogP contribution in [0.5, 0.6) is 0 Å². The van der Waals surface area contributed by atoms with Crippen LogP contribution < -0.4 is 5.32 Å². The summed E-state index contributed by atoms with van der Waals surface area (Å²) in [6.45, 7) is 4.55. The second kappa shape index (κ2) is 10.5. The molecule has 0 aromatic heterocycles. The van der Waals surface area contributed by atoms with Crippen LogP contribution in [0.15, 0.2) is 47.4 Å². The molecule has 4 rings (SSSR count). The number of sulfonamides is 1. The molecule has 2 aromatic rings. The molecule has 0 spiro atoms. The zero-order chi connectivity index (χ0) is 23.4. The Balaban J connectivity index is 1.31. The van der Waals surface area contributed by atoms with E-state index in [9.17, 15) is 17.6 Å². The van der Waals surface area contributed by atoms with E-state index < -0.39 is 10.0 Å². The third-order valence-corrected chi connectivity index (χ3v) is 8.32. The third kappa shape index (κ3) is 5.91. The maximum atomic E-state index is 13.9. The summed E-state index contributed by atoms with van der Waals surface area (Å²) >= 11 is 6.23. The number of halogens is 2. The molecule has 2 fully saturated rings. The van der Waals surface area contributed by atoms with E-state index in [1.165, 1.54) is 28.6 Å². The number of hydrogen-bond donors (Lipinski definition) is 1. The lowest BCUT2D eigenvalue weighted by Gasteiger charge is -2.34. The van der Waals surface area contributed by atoms with Crippen LogP contribution in [0.25, 0.3) is 0 Å². The van der Waals surface area contributed by atoms with Crippen molar-refractivity contribution in [2.45, 2.75) is 24.3 Å². The summed E-state index contributed by atoms with van der Waals surface area (Å²) in [4.78, 5) is 16.9. The first kappa shape index (κ1) is 24.1. The van der Waals surface area contributed by atoms with Gasteiger partial charge in [-0.25, -0.2) is 12.8 Å². The fourth-order valence-corrected chi connectivity index (χ4v) is 5.91. The van der Waals surface area contributed by atoms with Crippen LogP contribution in [0.4, 0.5) is 10.1 Å². The fraction of sp³-hybridized carbons (Fsp3) is 0.435. The lowest BCUT2D eigenvalue weighted by atomic mass is 10.2. The molecule has 1 amide bonds.